The molecule has 0 fully saturated rings. The molecule has 0 bridgehead atoms. The second-order valence-corrected chi connectivity index (χ2v) is 5.52. The van der Waals surface area contributed by atoms with E-state index in [-0.39, 0.29) is 5.82 Å². The van der Waals surface area contributed by atoms with Crippen molar-refractivity contribution < 1.29 is 14.2 Å². The number of halogens is 1. The van der Waals surface area contributed by atoms with Crippen molar-refractivity contribution in [2.75, 3.05) is 0 Å². The largest absolute Gasteiger partial charge is 0.488 e. The molecule has 21 heavy (non-hydrogen) atoms. The lowest BCUT2D eigenvalue weighted by Crippen LogP contribution is -2.04. The van der Waals surface area contributed by atoms with Crippen molar-refractivity contribution in [2.45, 2.75) is 40.4 Å². The Labute approximate surface area is 125 Å². The lowest BCUT2D eigenvalue weighted by molar-refractivity contribution is 0.189. The number of rotatable bonds is 4. The third kappa shape index (κ3) is 3.61. The van der Waals surface area contributed by atoms with Crippen LogP contribution in [0.5, 0.6) is 5.75 Å². The molecule has 3 heteroatoms. The molecule has 0 spiro atoms. The van der Waals surface area contributed by atoms with E-state index in [0.717, 1.165) is 5.56 Å². The zero-order valence-electron chi connectivity index (χ0n) is 12.9. The first-order valence-electron chi connectivity index (χ1n) is 7.05. The van der Waals surface area contributed by atoms with E-state index in [2.05, 4.69) is 32.9 Å². The van der Waals surface area contributed by atoms with Crippen LogP contribution in [0.3, 0.4) is 0 Å². The van der Waals surface area contributed by atoms with E-state index in [1.807, 2.05) is 0 Å². The summed E-state index contributed by atoms with van der Waals surface area (Å²) in [5.41, 5.74) is 5.17. The second kappa shape index (κ2) is 6.27. The molecule has 0 amide bonds. The molecule has 0 saturated carbocycles. The van der Waals surface area contributed by atoms with Crippen LogP contribution in [-0.4, -0.2) is 5.11 Å². The first-order chi connectivity index (χ1) is 9.88. The molecule has 2 aromatic carbocycles. The fourth-order valence-electron chi connectivity index (χ4n) is 2.56. The monoisotopic (exact) mass is 288 g/mol. The number of benzene rings is 2. The number of ether oxygens (including phenoxy) is 1. The zero-order chi connectivity index (χ0) is 15.6. The molecule has 0 aromatic heterocycles. The number of aliphatic hydroxyl groups excluding tert-OH is 1. The average molecular weight is 288 g/mol. The molecule has 112 valence electrons. The van der Waals surface area contributed by atoms with Crippen molar-refractivity contribution in [3.05, 3.63) is 64.0 Å². The third-order valence-electron chi connectivity index (χ3n) is 3.63. The molecule has 2 rings (SSSR count). The van der Waals surface area contributed by atoms with Gasteiger partial charge in [-0.1, -0.05) is 17.7 Å². The summed E-state index contributed by atoms with van der Waals surface area (Å²) in [6, 6.07) is 8.46. The van der Waals surface area contributed by atoms with Crippen LogP contribution in [0, 0.1) is 26.6 Å². The SMILES string of the molecule is Cc1cc(C)c(COc2ccc(F)cc2[C@@H](C)O)c(C)c1. The highest BCUT2D eigenvalue weighted by Crippen LogP contribution is 2.27. The van der Waals surface area contributed by atoms with Crippen molar-refractivity contribution in [1.29, 1.82) is 0 Å². The number of hydrogen-bond acceptors (Lipinski definition) is 2. The zero-order valence-corrected chi connectivity index (χ0v) is 12.9. The fourth-order valence-corrected chi connectivity index (χ4v) is 2.56. The summed E-state index contributed by atoms with van der Waals surface area (Å²) in [5, 5.41) is 9.73. The van der Waals surface area contributed by atoms with E-state index in [9.17, 15) is 9.50 Å². The molecular formula is C18H21FO2. The summed E-state index contributed by atoms with van der Waals surface area (Å²) in [4.78, 5) is 0. The summed E-state index contributed by atoms with van der Waals surface area (Å²) in [5.74, 6) is 0.145. The molecule has 0 saturated heterocycles. The summed E-state index contributed by atoms with van der Waals surface area (Å²) in [7, 11) is 0. The Kier molecular flexibility index (Phi) is 4.63. The van der Waals surface area contributed by atoms with Gasteiger partial charge in [0.25, 0.3) is 0 Å². The van der Waals surface area contributed by atoms with Gasteiger partial charge in [0.1, 0.15) is 18.2 Å². The molecular weight excluding hydrogens is 267 g/mol. The van der Waals surface area contributed by atoms with Gasteiger partial charge in [-0.3, -0.25) is 0 Å². The normalized spacial score (nSPS) is 12.3. The first kappa shape index (κ1) is 15.5. The van der Waals surface area contributed by atoms with E-state index in [1.165, 1.54) is 28.8 Å². The highest BCUT2D eigenvalue weighted by Gasteiger charge is 2.12. The molecule has 0 aliphatic carbocycles. The minimum atomic E-state index is -0.768. The van der Waals surface area contributed by atoms with E-state index in [4.69, 9.17) is 4.74 Å². The molecule has 0 unspecified atom stereocenters. The second-order valence-electron chi connectivity index (χ2n) is 5.52. The van der Waals surface area contributed by atoms with Gasteiger partial charge < -0.3 is 9.84 Å². The van der Waals surface area contributed by atoms with Crippen LogP contribution in [0.25, 0.3) is 0 Å². The molecule has 0 aliphatic rings. The van der Waals surface area contributed by atoms with Crippen molar-refractivity contribution in [1.82, 2.24) is 0 Å². The molecule has 0 radical (unpaired) electrons. The molecule has 2 aromatic rings. The van der Waals surface area contributed by atoms with Gasteiger partial charge in [0.2, 0.25) is 0 Å². The molecule has 1 N–H and O–H groups in total. The summed E-state index contributed by atoms with van der Waals surface area (Å²) >= 11 is 0. The maximum Gasteiger partial charge on any atom is 0.125 e. The molecule has 1 atom stereocenters. The predicted octanol–water partition coefficient (Wildman–Crippen LogP) is 4.38. The fraction of sp³-hybridized carbons (Fsp3) is 0.333. The minimum absolute atomic E-state index is 0.374. The predicted molar refractivity (Wildman–Crippen MR) is 82.0 cm³/mol. The van der Waals surface area contributed by atoms with Gasteiger partial charge in [0, 0.05) is 5.56 Å². The molecule has 2 nitrogen and oxygen atoms in total. The van der Waals surface area contributed by atoms with Crippen LogP contribution >= 0.6 is 0 Å². The van der Waals surface area contributed by atoms with Gasteiger partial charge in [-0.2, -0.15) is 0 Å². The maximum absolute atomic E-state index is 13.3. The summed E-state index contributed by atoms with van der Waals surface area (Å²) in [6.45, 7) is 8.18. The lowest BCUT2D eigenvalue weighted by atomic mass is 10.0. The van der Waals surface area contributed by atoms with Crippen LogP contribution in [0.4, 0.5) is 4.39 Å². The lowest BCUT2D eigenvalue weighted by Gasteiger charge is -2.16. The van der Waals surface area contributed by atoms with Crippen molar-refractivity contribution in [3.63, 3.8) is 0 Å². The van der Waals surface area contributed by atoms with Gasteiger partial charge in [0.15, 0.2) is 0 Å². The highest BCUT2D eigenvalue weighted by atomic mass is 19.1. The summed E-state index contributed by atoms with van der Waals surface area (Å²) in [6.07, 6.45) is -0.768. The summed E-state index contributed by atoms with van der Waals surface area (Å²) < 4.78 is 19.1. The van der Waals surface area contributed by atoms with Gasteiger partial charge >= 0.3 is 0 Å². The number of hydrogen-bond donors (Lipinski definition) is 1. The van der Waals surface area contributed by atoms with Crippen LogP contribution in [0.2, 0.25) is 0 Å². The Morgan fingerprint density at radius 1 is 1.10 bits per heavy atom. The number of aliphatic hydroxyl groups is 1. The minimum Gasteiger partial charge on any atom is -0.488 e. The van der Waals surface area contributed by atoms with Crippen LogP contribution in [0.15, 0.2) is 30.3 Å². The Bertz CT molecular complexity index is 625. The van der Waals surface area contributed by atoms with Gasteiger partial charge in [-0.25, -0.2) is 4.39 Å². The average Bonchev–Trinajstić information content (AvgIpc) is 2.38. The highest BCUT2D eigenvalue weighted by molar-refractivity contribution is 5.39. The van der Waals surface area contributed by atoms with Crippen molar-refractivity contribution >= 4 is 0 Å². The Balaban J connectivity index is 2.25. The standard InChI is InChI=1S/C18H21FO2/c1-11-7-12(2)17(13(3)8-11)10-21-18-6-5-15(19)9-16(18)14(4)20/h5-9,14,20H,10H2,1-4H3/t14-/m1/s1. The Morgan fingerprint density at radius 3 is 2.29 bits per heavy atom. The van der Waals surface area contributed by atoms with Crippen LogP contribution < -0.4 is 4.74 Å². The van der Waals surface area contributed by atoms with E-state index in [0.29, 0.717) is 17.9 Å². The van der Waals surface area contributed by atoms with Crippen molar-refractivity contribution in [2.24, 2.45) is 0 Å². The third-order valence-corrected chi connectivity index (χ3v) is 3.63. The Hall–Kier alpha value is -1.87. The smallest absolute Gasteiger partial charge is 0.125 e. The van der Waals surface area contributed by atoms with Crippen LogP contribution in [-0.2, 0) is 6.61 Å². The van der Waals surface area contributed by atoms with Gasteiger partial charge in [-0.15, -0.1) is 0 Å². The van der Waals surface area contributed by atoms with E-state index >= 15 is 0 Å². The number of aryl methyl sites for hydroxylation is 3. The maximum atomic E-state index is 13.3. The molecule has 0 aliphatic heterocycles. The first-order valence-corrected chi connectivity index (χ1v) is 7.05. The van der Waals surface area contributed by atoms with E-state index in [1.54, 1.807) is 13.0 Å². The van der Waals surface area contributed by atoms with Gasteiger partial charge in [0.05, 0.1) is 6.10 Å². The van der Waals surface area contributed by atoms with Crippen molar-refractivity contribution in [3.8, 4) is 5.75 Å². The van der Waals surface area contributed by atoms with Gasteiger partial charge in [-0.05, 0) is 62.6 Å². The van der Waals surface area contributed by atoms with Crippen LogP contribution in [0.1, 0.15) is 40.8 Å². The Morgan fingerprint density at radius 2 is 1.71 bits per heavy atom. The quantitative estimate of drug-likeness (QED) is 0.904. The molecule has 0 heterocycles. The topological polar surface area (TPSA) is 29.5 Å². The van der Waals surface area contributed by atoms with E-state index < -0.39 is 6.10 Å².